The summed E-state index contributed by atoms with van der Waals surface area (Å²) in [5.74, 6) is 0.133. The quantitative estimate of drug-likeness (QED) is 0.769. The average Bonchev–Trinajstić information content (AvgIpc) is 2.93. The van der Waals surface area contributed by atoms with Crippen molar-refractivity contribution in [2.45, 2.75) is 51.7 Å². The van der Waals surface area contributed by atoms with Crippen molar-refractivity contribution in [3.8, 4) is 0 Å². The Hall–Kier alpha value is -2.17. The standard InChI is InChI=1S/C25H34N2O2/c1-4-6-11-21(9-5-2)23-18-26-19-25(29-23)13-8-15-27(16-14-25)24(28)22-12-7-10-20(3)17-22/h4-7,9-12,17,23,26H,8,13-16,18-19H2,1-3H3/b6-4-,9-5-,21-11+. The number of carbonyl (C=O) groups is 1. The smallest absolute Gasteiger partial charge is 0.253 e. The van der Waals surface area contributed by atoms with Crippen LogP contribution in [0, 0.1) is 6.92 Å². The van der Waals surface area contributed by atoms with Gasteiger partial charge in [-0.2, -0.15) is 0 Å². The fraction of sp³-hybridized carbons (Fsp3) is 0.480. The number of ether oxygens (including phenoxy) is 1. The van der Waals surface area contributed by atoms with Crippen molar-refractivity contribution in [2.24, 2.45) is 0 Å². The molecule has 0 radical (unpaired) electrons. The number of allylic oxidation sites excluding steroid dienone is 4. The van der Waals surface area contributed by atoms with Gasteiger partial charge in [-0.15, -0.1) is 0 Å². The summed E-state index contributed by atoms with van der Waals surface area (Å²) in [7, 11) is 0. The summed E-state index contributed by atoms with van der Waals surface area (Å²) in [4.78, 5) is 15.0. The van der Waals surface area contributed by atoms with E-state index in [1.165, 1.54) is 5.57 Å². The predicted molar refractivity (Wildman–Crippen MR) is 119 cm³/mol. The van der Waals surface area contributed by atoms with Gasteiger partial charge in [0.2, 0.25) is 0 Å². The lowest BCUT2D eigenvalue weighted by atomic mass is 9.91. The van der Waals surface area contributed by atoms with E-state index < -0.39 is 0 Å². The highest BCUT2D eigenvalue weighted by Crippen LogP contribution is 2.32. The van der Waals surface area contributed by atoms with E-state index in [0.29, 0.717) is 0 Å². The number of likely N-dealkylation sites (tertiary alicyclic amines) is 1. The number of aryl methyl sites for hydroxylation is 1. The van der Waals surface area contributed by atoms with Crippen molar-refractivity contribution in [1.29, 1.82) is 0 Å². The van der Waals surface area contributed by atoms with E-state index in [1.807, 2.05) is 56.0 Å². The van der Waals surface area contributed by atoms with Crippen molar-refractivity contribution in [2.75, 3.05) is 26.2 Å². The topological polar surface area (TPSA) is 41.6 Å². The number of carbonyl (C=O) groups excluding carboxylic acids is 1. The molecule has 1 spiro atoms. The number of morpholine rings is 1. The van der Waals surface area contributed by atoms with Gasteiger partial charge >= 0.3 is 0 Å². The third-order valence-electron chi connectivity index (χ3n) is 5.83. The first kappa shape index (κ1) is 21.5. The number of amides is 1. The molecule has 2 fully saturated rings. The van der Waals surface area contributed by atoms with E-state index in [-0.39, 0.29) is 17.6 Å². The highest BCUT2D eigenvalue weighted by molar-refractivity contribution is 5.94. The van der Waals surface area contributed by atoms with Crippen LogP contribution < -0.4 is 5.32 Å². The van der Waals surface area contributed by atoms with Crippen LogP contribution in [-0.4, -0.2) is 48.7 Å². The first-order valence-electron chi connectivity index (χ1n) is 10.8. The number of nitrogens with one attached hydrogen (secondary N) is 1. The molecule has 4 heteroatoms. The SMILES string of the molecule is C\C=C/C=C(\C=C/C)C1CNCC2(CCCN(C(=O)c3cccc(C)c3)CC2)O1. The molecule has 2 heterocycles. The molecule has 1 aromatic rings. The monoisotopic (exact) mass is 394 g/mol. The molecule has 2 atom stereocenters. The number of hydrogen-bond acceptors (Lipinski definition) is 3. The molecule has 0 bridgehead atoms. The van der Waals surface area contributed by atoms with Gasteiger partial charge in [-0.25, -0.2) is 0 Å². The molecule has 2 aliphatic heterocycles. The van der Waals surface area contributed by atoms with Gasteiger partial charge in [0.05, 0.1) is 11.7 Å². The zero-order chi connectivity index (χ0) is 20.7. The van der Waals surface area contributed by atoms with Crippen molar-refractivity contribution in [3.63, 3.8) is 0 Å². The fourth-order valence-corrected chi connectivity index (χ4v) is 4.30. The molecule has 0 aromatic heterocycles. The molecule has 4 nitrogen and oxygen atoms in total. The molecule has 1 aromatic carbocycles. The summed E-state index contributed by atoms with van der Waals surface area (Å²) in [6.07, 6.45) is 13.3. The molecular formula is C25H34N2O2. The maximum Gasteiger partial charge on any atom is 0.253 e. The first-order chi connectivity index (χ1) is 14.1. The van der Waals surface area contributed by atoms with Gasteiger partial charge in [0.25, 0.3) is 5.91 Å². The van der Waals surface area contributed by atoms with Crippen molar-refractivity contribution in [3.05, 3.63) is 71.3 Å². The number of hydrogen-bond donors (Lipinski definition) is 1. The third kappa shape index (κ3) is 5.46. The maximum absolute atomic E-state index is 13.0. The van der Waals surface area contributed by atoms with Crippen LogP contribution in [0.15, 0.2) is 60.2 Å². The van der Waals surface area contributed by atoms with Crippen LogP contribution in [0.25, 0.3) is 0 Å². The highest BCUT2D eigenvalue weighted by atomic mass is 16.5. The number of nitrogens with zero attached hydrogens (tertiary/aromatic N) is 1. The Morgan fingerprint density at radius 1 is 1.24 bits per heavy atom. The molecule has 2 unspecified atom stereocenters. The van der Waals surface area contributed by atoms with Crippen LogP contribution in [0.5, 0.6) is 0 Å². The Bertz CT molecular complexity index is 796. The lowest BCUT2D eigenvalue weighted by Crippen LogP contribution is -2.54. The van der Waals surface area contributed by atoms with E-state index in [0.717, 1.165) is 56.6 Å². The van der Waals surface area contributed by atoms with Crippen LogP contribution in [0.4, 0.5) is 0 Å². The first-order valence-corrected chi connectivity index (χ1v) is 10.8. The van der Waals surface area contributed by atoms with Gasteiger partial charge < -0.3 is 15.0 Å². The van der Waals surface area contributed by atoms with Gasteiger partial charge in [0.1, 0.15) is 0 Å². The summed E-state index contributed by atoms with van der Waals surface area (Å²) >= 11 is 0. The summed E-state index contributed by atoms with van der Waals surface area (Å²) in [5, 5.41) is 3.59. The van der Waals surface area contributed by atoms with Crippen LogP contribution in [0.1, 0.15) is 49.0 Å². The van der Waals surface area contributed by atoms with Gasteiger partial charge in [0, 0.05) is 31.7 Å². The Morgan fingerprint density at radius 3 is 2.86 bits per heavy atom. The van der Waals surface area contributed by atoms with Crippen LogP contribution in [0.2, 0.25) is 0 Å². The van der Waals surface area contributed by atoms with Gasteiger partial charge in [-0.3, -0.25) is 4.79 Å². The van der Waals surface area contributed by atoms with E-state index in [2.05, 4.69) is 29.6 Å². The van der Waals surface area contributed by atoms with E-state index in [4.69, 9.17) is 4.74 Å². The molecular weight excluding hydrogens is 360 g/mol. The summed E-state index contributed by atoms with van der Waals surface area (Å²) in [6.45, 7) is 9.29. The summed E-state index contributed by atoms with van der Waals surface area (Å²) in [5.41, 5.74) is 2.88. The number of benzene rings is 1. The highest BCUT2D eigenvalue weighted by Gasteiger charge is 2.39. The molecule has 1 amide bonds. The Morgan fingerprint density at radius 2 is 2.10 bits per heavy atom. The van der Waals surface area contributed by atoms with Crippen molar-refractivity contribution in [1.82, 2.24) is 10.2 Å². The van der Waals surface area contributed by atoms with Gasteiger partial charge in [0.15, 0.2) is 0 Å². The molecule has 0 saturated carbocycles. The molecule has 2 saturated heterocycles. The minimum atomic E-state index is -0.207. The van der Waals surface area contributed by atoms with Crippen molar-refractivity contribution >= 4 is 5.91 Å². The molecule has 29 heavy (non-hydrogen) atoms. The molecule has 2 aliphatic rings. The Labute approximate surface area is 175 Å². The van der Waals surface area contributed by atoms with E-state index >= 15 is 0 Å². The average molecular weight is 395 g/mol. The van der Waals surface area contributed by atoms with Gasteiger partial charge in [-0.1, -0.05) is 48.1 Å². The summed E-state index contributed by atoms with van der Waals surface area (Å²) < 4.78 is 6.71. The second-order valence-electron chi connectivity index (χ2n) is 8.13. The lowest BCUT2D eigenvalue weighted by molar-refractivity contribution is -0.107. The van der Waals surface area contributed by atoms with Crippen LogP contribution in [-0.2, 0) is 4.74 Å². The lowest BCUT2D eigenvalue weighted by Gasteiger charge is -2.42. The second-order valence-corrected chi connectivity index (χ2v) is 8.13. The Kier molecular flexibility index (Phi) is 7.45. The Balaban J connectivity index is 1.71. The van der Waals surface area contributed by atoms with Crippen LogP contribution in [0.3, 0.4) is 0 Å². The molecule has 156 valence electrons. The molecule has 0 aliphatic carbocycles. The van der Waals surface area contributed by atoms with Crippen molar-refractivity contribution < 1.29 is 9.53 Å². The van der Waals surface area contributed by atoms with Crippen LogP contribution >= 0.6 is 0 Å². The third-order valence-corrected chi connectivity index (χ3v) is 5.83. The van der Waals surface area contributed by atoms with Gasteiger partial charge in [-0.05, 0) is 57.7 Å². The second kappa shape index (κ2) is 10.0. The zero-order valence-electron chi connectivity index (χ0n) is 18.0. The normalized spacial score (nSPS) is 26.4. The minimum Gasteiger partial charge on any atom is -0.364 e. The maximum atomic E-state index is 13.0. The predicted octanol–water partition coefficient (Wildman–Crippen LogP) is 4.43. The largest absolute Gasteiger partial charge is 0.364 e. The fourth-order valence-electron chi connectivity index (χ4n) is 4.30. The number of rotatable bonds is 4. The minimum absolute atomic E-state index is 0.0372. The molecule has 3 rings (SSSR count). The summed E-state index contributed by atoms with van der Waals surface area (Å²) in [6, 6.07) is 7.88. The van der Waals surface area contributed by atoms with E-state index in [9.17, 15) is 4.79 Å². The zero-order valence-corrected chi connectivity index (χ0v) is 18.0. The molecule has 1 N–H and O–H groups in total. The van der Waals surface area contributed by atoms with E-state index in [1.54, 1.807) is 0 Å².